The van der Waals surface area contributed by atoms with Crippen molar-refractivity contribution in [3.05, 3.63) is 89.6 Å². The van der Waals surface area contributed by atoms with Gasteiger partial charge < -0.3 is 4.42 Å². The summed E-state index contributed by atoms with van der Waals surface area (Å²) in [7, 11) is 2.10. The Hall–Kier alpha value is -3.65. The fourth-order valence-electron chi connectivity index (χ4n) is 5.10. The molecule has 0 aliphatic heterocycles. The summed E-state index contributed by atoms with van der Waals surface area (Å²) in [4.78, 5) is 0. The van der Waals surface area contributed by atoms with Gasteiger partial charge in [-0.25, -0.2) is 4.57 Å². The summed E-state index contributed by atoms with van der Waals surface area (Å²) in [5, 5.41) is 7.02. The molecule has 2 heterocycles. The molecule has 0 radical (unpaired) electrons. The Kier molecular flexibility index (Phi) is 4.11. The van der Waals surface area contributed by atoms with E-state index < -0.39 is 5.89 Å². The first kappa shape index (κ1) is 18.9. The van der Waals surface area contributed by atoms with E-state index in [1.165, 1.54) is 27.3 Å². The highest BCUT2D eigenvalue weighted by Gasteiger charge is 2.25. The summed E-state index contributed by atoms with van der Waals surface area (Å²) in [6.45, 7) is 8.24. The molecule has 0 aliphatic carbocycles. The number of pyridine rings is 1. The van der Waals surface area contributed by atoms with Gasteiger partial charge in [0, 0.05) is 18.2 Å². The second-order valence-electron chi connectivity index (χ2n) is 9.45. The molecule has 0 fully saturated rings. The van der Waals surface area contributed by atoms with Crippen molar-refractivity contribution in [2.45, 2.75) is 33.6 Å². The van der Waals surface area contributed by atoms with E-state index in [2.05, 4.69) is 98.4 Å². The first-order valence-electron chi connectivity index (χ1n) is 12.0. The minimum Gasteiger partial charge on any atom is -0.455 e. The fraction of sp³-hybridized carbons (Fsp3) is 0.194. The van der Waals surface area contributed by atoms with Gasteiger partial charge in [0.05, 0.1) is 10.9 Å². The van der Waals surface area contributed by atoms with Gasteiger partial charge in [0.15, 0.2) is 6.20 Å². The summed E-state index contributed by atoms with van der Waals surface area (Å²) >= 11 is 0. The Morgan fingerprint density at radius 2 is 1.58 bits per heavy atom. The maximum atomic E-state index is 8.48. The van der Waals surface area contributed by atoms with Gasteiger partial charge >= 0.3 is 0 Å². The number of hydrogen-bond acceptors (Lipinski definition) is 1. The van der Waals surface area contributed by atoms with Crippen LogP contribution in [0.5, 0.6) is 0 Å². The molecule has 162 valence electrons. The molecule has 0 saturated carbocycles. The number of furan rings is 1. The Balaban J connectivity index is 1.74. The highest BCUT2D eigenvalue weighted by Crippen LogP contribution is 2.41. The number of nitrogens with zero attached hydrogens (tertiary/aromatic N) is 1. The number of aromatic nitrogens is 1. The van der Waals surface area contributed by atoms with Gasteiger partial charge in [0.1, 0.15) is 18.2 Å². The van der Waals surface area contributed by atoms with Gasteiger partial charge in [-0.15, -0.1) is 0 Å². The van der Waals surface area contributed by atoms with Crippen LogP contribution in [0.25, 0.3) is 54.7 Å². The predicted molar refractivity (Wildman–Crippen MR) is 139 cm³/mol. The Morgan fingerprint density at radius 3 is 2.33 bits per heavy atom. The molecule has 0 unspecified atom stereocenters. The lowest BCUT2D eigenvalue weighted by Crippen LogP contribution is -2.31. The largest absolute Gasteiger partial charge is 0.455 e. The van der Waals surface area contributed by atoms with Crippen molar-refractivity contribution in [2.24, 2.45) is 7.05 Å². The highest BCUT2D eigenvalue weighted by molar-refractivity contribution is 6.15. The third-order valence-electron chi connectivity index (χ3n) is 7.10. The first-order valence-corrected chi connectivity index (χ1v) is 11.5. The molecule has 0 aliphatic rings. The van der Waals surface area contributed by atoms with E-state index in [0.717, 1.165) is 44.1 Å². The predicted octanol–water partition coefficient (Wildman–Crippen LogP) is 8.12. The van der Waals surface area contributed by atoms with Gasteiger partial charge in [-0.2, -0.15) is 0 Å². The maximum absolute atomic E-state index is 8.48. The molecule has 6 aromatic rings. The van der Waals surface area contributed by atoms with Gasteiger partial charge in [0.25, 0.3) is 0 Å². The van der Waals surface area contributed by atoms with Crippen LogP contribution in [-0.4, -0.2) is 0 Å². The molecule has 0 saturated heterocycles. The molecule has 0 bridgehead atoms. The van der Waals surface area contributed by atoms with E-state index in [1.54, 1.807) is 0 Å². The summed E-state index contributed by atoms with van der Waals surface area (Å²) in [6.07, 6.45) is 2.11. The van der Waals surface area contributed by atoms with Crippen molar-refractivity contribution in [1.29, 1.82) is 0 Å². The molecule has 6 rings (SSSR count). The zero-order chi connectivity index (χ0) is 23.8. The van der Waals surface area contributed by atoms with Crippen LogP contribution in [0, 0.1) is 13.8 Å². The standard InChI is InChI=1S/C31H28NO/c1-18(2)21-10-11-25-24(15-21)12-13-32(5)30(25)29-20(4)19(3)14-27-26-16-22-8-6-7-9-23(22)17-28(26)33-31(27)29/h6-18H,1-5H3/q+1/i18D. The van der Waals surface area contributed by atoms with Gasteiger partial charge in [-0.1, -0.05) is 50.2 Å². The van der Waals surface area contributed by atoms with E-state index in [-0.39, 0.29) is 0 Å². The topological polar surface area (TPSA) is 17.0 Å². The monoisotopic (exact) mass is 431 g/mol. The van der Waals surface area contributed by atoms with Crippen LogP contribution < -0.4 is 4.57 Å². The fourth-order valence-corrected chi connectivity index (χ4v) is 5.10. The molecule has 0 atom stereocenters. The van der Waals surface area contributed by atoms with Crippen LogP contribution in [0.1, 0.15) is 37.8 Å². The van der Waals surface area contributed by atoms with E-state index in [1.807, 2.05) is 13.8 Å². The van der Waals surface area contributed by atoms with Crippen LogP contribution in [0.3, 0.4) is 0 Å². The van der Waals surface area contributed by atoms with Crippen molar-refractivity contribution in [3.63, 3.8) is 0 Å². The second kappa shape index (κ2) is 7.18. The Bertz CT molecular complexity index is 1770. The minimum absolute atomic E-state index is 0.639. The lowest BCUT2D eigenvalue weighted by molar-refractivity contribution is -0.659. The summed E-state index contributed by atoms with van der Waals surface area (Å²) in [6, 6.07) is 23.7. The molecule has 2 aromatic heterocycles. The van der Waals surface area contributed by atoms with Gasteiger partial charge in [-0.05, 0) is 76.9 Å². The molecule has 0 amide bonds. The van der Waals surface area contributed by atoms with Crippen LogP contribution in [0.15, 0.2) is 77.3 Å². The SMILES string of the molecule is [2H]C(C)(C)c1ccc2c(-c3c(C)c(C)cc4c3oc3cc5ccccc5cc34)[n+](C)ccc2c1. The van der Waals surface area contributed by atoms with Crippen molar-refractivity contribution >= 4 is 43.5 Å². The molecule has 0 N–H and O–H groups in total. The number of fused-ring (bicyclic) bond motifs is 5. The summed E-state index contributed by atoms with van der Waals surface area (Å²) < 4.78 is 17.3. The minimum atomic E-state index is -0.639. The van der Waals surface area contributed by atoms with Crippen LogP contribution in [-0.2, 0) is 7.05 Å². The number of hydrogen-bond donors (Lipinski definition) is 0. The normalized spacial score (nSPS) is 12.8. The number of rotatable bonds is 2. The van der Waals surface area contributed by atoms with Gasteiger partial charge in [-0.3, -0.25) is 0 Å². The Morgan fingerprint density at radius 1 is 0.818 bits per heavy atom. The summed E-state index contributed by atoms with van der Waals surface area (Å²) in [5.74, 6) is -0.639. The van der Waals surface area contributed by atoms with Crippen LogP contribution in [0.2, 0.25) is 0 Å². The highest BCUT2D eigenvalue weighted by atomic mass is 16.3. The lowest BCUT2D eigenvalue weighted by Gasteiger charge is -2.12. The van der Waals surface area contributed by atoms with Crippen molar-refractivity contribution in [3.8, 4) is 11.3 Å². The molecule has 33 heavy (non-hydrogen) atoms. The van der Waals surface area contributed by atoms with Crippen LogP contribution >= 0.6 is 0 Å². The van der Waals surface area contributed by atoms with E-state index in [9.17, 15) is 0 Å². The van der Waals surface area contributed by atoms with Crippen LogP contribution in [0.4, 0.5) is 0 Å². The molecular formula is C31H28NO+. The summed E-state index contributed by atoms with van der Waals surface area (Å²) in [5.41, 5.74) is 7.62. The van der Waals surface area contributed by atoms with Crippen molar-refractivity contribution < 1.29 is 10.4 Å². The number of benzene rings is 4. The maximum Gasteiger partial charge on any atom is 0.224 e. The van der Waals surface area contributed by atoms with Gasteiger partial charge in [0.2, 0.25) is 5.69 Å². The second-order valence-corrected chi connectivity index (χ2v) is 9.45. The zero-order valence-corrected chi connectivity index (χ0v) is 19.8. The smallest absolute Gasteiger partial charge is 0.224 e. The van der Waals surface area contributed by atoms with E-state index in [0.29, 0.717) is 0 Å². The van der Waals surface area contributed by atoms with Crippen molar-refractivity contribution in [2.75, 3.05) is 0 Å². The third-order valence-corrected chi connectivity index (χ3v) is 7.10. The zero-order valence-electron chi connectivity index (χ0n) is 20.8. The Labute approximate surface area is 195 Å². The molecule has 2 nitrogen and oxygen atoms in total. The van der Waals surface area contributed by atoms with E-state index in [4.69, 9.17) is 5.79 Å². The average Bonchev–Trinajstić information content (AvgIpc) is 3.15. The number of aryl methyl sites for hydroxylation is 2. The van der Waals surface area contributed by atoms with Crippen molar-refractivity contribution in [1.82, 2.24) is 0 Å². The lowest BCUT2D eigenvalue weighted by atomic mass is 9.92. The molecular weight excluding hydrogens is 402 g/mol. The molecule has 4 aromatic carbocycles. The quantitative estimate of drug-likeness (QED) is 0.253. The molecule has 2 heteroatoms. The average molecular weight is 432 g/mol. The first-order chi connectivity index (χ1) is 16.2. The molecule has 0 spiro atoms. The van der Waals surface area contributed by atoms with E-state index >= 15 is 0 Å². The third kappa shape index (κ3) is 2.97.